The van der Waals surface area contributed by atoms with Gasteiger partial charge in [-0.1, -0.05) is 18.2 Å². The number of para-hydroxylation sites is 1. The van der Waals surface area contributed by atoms with Gasteiger partial charge in [-0.2, -0.15) is 18.3 Å². The minimum atomic E-state index is -4.51. The number of pyridine rings is 1. The molecule has 0 amide bonds. The molecule has 0 saturated heterocycles. The Morgan fingerprint density at radius 3 is 2.50 bits per heavy atom. The van der Waals surface area contributed by atoms with Gasteiger partial charge in [0.2, 0.25) is 0 Å². The normalized spacial score (nSPS) is 12.0. The number of anilines is 2. The summed E-state index contributed by atoms with van der Waals surface area (Å²) < 4.78 is 41.3. The molecule has 0 aliphatic carbocycles. The van der Waals surface area contributed by atoms with Crippen LogP contribution in [0, 0.1) is 6.92 Å². The predicted molar refractivity (Wildman–Crippen MR) is 95.5 cm³/mol. The van der Waals surface area contributed by atoms with Gasteiger partial charge in [0.05, 0.1) is 16.7 Å². The Bertz CT molecular complexity index is 1130. The van der Waals surface area contributed by atoms with Gasteiger partial charge in [0, 0.05) is 29.2 Å². The highest BCUT2D eigenvalue weighted by atomic mass is 19.4. The van der Waals surface area contributed by atoms with E-state index in [1.807, 2.05) is 32.2 Å². The van der Waals surface area contributed by atoms with Gasteiger partial charge in [-0.25, -0.2) is 4.98 Å². The zero-order valence-corrected chi connectivity index (χ0v) is 14.1. The number of alkyl halides is 3. The van der Waals surface area contributed by atoms with Crippen molar-refractivity contribution in [3.05, 3.63) is 59.9 Å². The molecule has 0 radical (unpaired) electrons. The van der Waals surface area contributed by atoms with Crippen molar-refractivity contribution in [1.29, 1.82) is 0 Å². The fourth-order valence-electron chi connectivity index (χ4n) is 2.99. The van der Waals surface area contributed by atoms with E-state index < -0.39 is 11.9 Å². The van der Waals surface area contributed by atoms with Crippen LogP contribution in [0.2, 0.25) is 0 Å². The van der Waals surface area contributed by atoms with Crippen LogP contribution in [0.5, 0.6) is 0 Å². The lowest BCUT2D eigenvalue weighted by Gasteiger charge is -2.13. The van der Waals surface area contributed by atoms with Gasteiger partial charge < -0.3 is 5.32 Å². The van der Waals surface area contributed by atoms with E-state index in [0.29, 0.717) is 22.3 Å². The number of aryl methyl sites for hydroxylation is 2. The van der Waals surface area contributed by atoms with Crippen LogP contribution in [-0.4, -0.2) is 14.8 Å². The third-order valence-electron chi connectivity index (χ3n) is 4.42. The first kappa shape index (κ1) is 16.4. The maximum Gasteiger partial charge on any atom is 0.433 e. The summed E-state index contributed by atoms with van der Waals surface area (Å²) in [5.41, 5.74) is 2.20. The van der Waals surface area contributed by atoms with Crippen LogP contribution in [0.4, 0.5) is 24.5 Å². The van der Waals surface area contributed by atoms with Gasteiger partial charge in [0.25, 0.3) is 0 Å². The quantitative estimate of drug-likeness (QED) is 0.537. The number of nitrogens with one attached hydrogen (secondary N) is 1. The topological polar surface area (TPSA) is 42.7 Å². The molecule has 2 heterocycles. The number of nitrogens with zero attached hydrogens (tertiary/aromatic N) is 3. The highest BCUT2D eigenvalue weighted by molar-refractivity contribution is 5.94. The number of aromatic nitrogens is 3. The van der Waals surface area contributed by atoms with Crippen molar-refractivity contribution in [2.24, 2.45) is 7.05 Å². The van der Waals surface area contributed by atoms with Gasteiger partial charge in [0.1, 0.15) is 5.69 Å². The lowest BCUT2D eigenvalue weighted by molar-refractivity contribution is -0.140. The summed E-state index contributed by atoms with van der Waals surface area (Å²) in [7, 11) is 1.86. The molecule has 0 aliphatic heterocycles. The van der Waals surface area contributed by atoms with Crippen molar-refractivity contribution in [3.63, 3.8) is 0 Å². The highest BCUT2D eigenvalue weighted by Gasteiger charge is 2.33. The van der Waals surface area contributed by atoms with Crippen LogP contribution in [0.25, 0.3) is 21.8 Å². The predicted octanol–water partition coefficient (Wildman–Crippen LogP) is 5.19. The van der Waals surface area contributed by atoms with Crippen LogP contribution >= 0.6 is 0 Å². The molecule has 4 nitrogen and oxygen atoms in total. The smallest absolute Gasteiger partial charge is 0.355 e. The second kappa shape index (κ2) is 5.72. The molecule has 0 bridgehead atoms. The molecule has 132 valence electrons. The Morgan fingerprint density at radius 1 is 0.962 bits per heavy atom. The standard InChI is InChI=1S/C19H15F3N4/c1-11-13-8-7-12(9-17(13)25-26(11)2)23-16-10-18(19(20,21)22)24-15-6-4-3-5-14(15)16/h3-10H,1-2H3,(H,23,24). The minimum Gasteiger partial charge on any atom is -0.355 e. The number of rotatable bonds is 2. The average Bonchev–Trinajstić information content (AvgIpc) is 2.88. The molecule has 2 aromatic carbocycles. The van der Waals surface area contributed by atoms with E-state index >= 15 is 0 Å². The third kappa shape index (κ3) is 2.75. The molecule has 4 aromatic rings. The van der Waals surface area contributed by atoms with Crippen LogP contribution in [-0.2, 0) is 13.2 Å². The molecule has 26 heavy (non-hydrogen) atoms. The summed E-state index contributed by atoms with van der Waals surface area (Å²) in [4.78, 5) is 3.73. The molecule has 2 aromatic heterocycles. The molecular weight excluding hydrogens is 341 g/mol. The minimum absolute atomic E-state index is 0.291. The summed E-state index contributed by atoms with van der Waals surface area (Å²) in [5, 5.41) is 9.14. The van der Waals surface area contributed by atoms with Crippen molar-refractivity contribution in [1.82, 2.24) is 14.8 Å². The zero-order chi connectivity index (χ0) is 18.5. The number of benzene rings is 2. The van der Waals surface area contributed by atoms with Crippen LogP contribution < -0.4 is 5.32 Å². The van der Waals surface area contributed by atoms with Crippen LogP contribution in [0.3, 0.4) is 0 Å². The van der Waals surface area contributed by atoms with Gasteiger partial charge in [0.15, 0.2) is 0 Å². The fourth-order valence-corrected chi connectivity index (χ4v) is 2.99. The van der Waals surface area contributed by atoms with E-state index in [4.69, 9.17) is 0 Å². The SMILES string of the molecule is Cc1c2ccc(Nc3cc(C(F)(F)F)nc4ccccc34)cc2nn1C. The fraction of sp³-hybridized carbons (Fsp3) is 0.158. The lowest BCUT2D eigenvalue weighted by Crippen LogP contribution is -2.09. The molecule has 0 aliphatic rings. The summed E-state index contributed by atoms with van der Waals surface area (Å²) in [6.45, 7) is 1.97. The van der Waals surface area contributed by atoms with E-state index in [9.17, 15) is 13.2 Å². The van der Waals surface area contributed by atoms with E-state index in [2.05, 4.69) is 15.4 Å². The van der Waals surface area contributed by atoms with Crippen molar-refractivity contribution >= 4 is 33.2 Å². The Hall–Kier alpha value is -3.09. The van der Waals surface area contributed by atoms with E-state index in [0.717, 1.165) is 22.7 Å². The van der Waals surface area contributed by atoms with Gasteiger partial charge in [-0.3, -0.25) is 4.68 Å². The van der Waals surface area contributed by atoms with Gasteiger partial charge in [-0.15, -0.1) is 0 Å². The zero-order valence-electron chi connectivity index (χ0n) is 14.1. The maximum atomic E-state index is 13.2. The lowest BCUT2D eigenvalue weighted by atomic mass is 10.1. The molecule has 0 unspecified atom stereocenters. The van der Waals surface area contributed by atoms with Crippen molar-refractivity contribution in [3.8, 4) is 0 Å². The van der Waals surface area contributed by atoms with E-state index in [1.54, 1.807) is 28.9 Å². The van der Waals surface area contributed by atoms with Crippen molar-refractivity contribution < 1.29 is 13.2 Å². The first-order chi connectivity index (χ1) is 12.3. The van der Waals surface area contributed by atoms with Crippen LogP contribution in [0.1, 0.15) is 11.4 Å². The van der Waals surface area contributed by atoms with E-state index in [1.165, 1.54) is 0 Å². The third-order valence-corrected chi connectivity index (χ3v) is 4.42. The van der Waals surface area contributed by atoms with E-state index in [-0.39, 0.29) is 0 Å². The average molecular weight is 356 g/mol. The van der Waals surface area contributed by atoms with Gasteiger partial charge >= 0.3 is 6.18 Å². The Morgan fingerprint density at radius 2 is 1.73 bits per heavy atom. The highest BCUT2D eigenvalue weighted by Crippen LogP contribution is 2.34. The molecule has 0 fully saturated rings. The monoisotopic (exact) mass is 356 g/mol. The Labute approximate surface area is 147 Å². The maximum absolute atomic E-state index is 13.2. The van der Waals surface area contributed by atoms with Crippen molar-refractivity contribution in [2.45, 2.75) is 13.1 Å². The number of hydrogen-bond acceptors (Lipinski definition) is 3. The summed E-state index contributed by atoms with van der Waals surface area (Å²) in [6, 6.07) is 13.4. The first-order valence-corrected chi connectivity index (χ1v) is 8.00. The van der Waals surface area contributed by atoms with Crippen LogP contribution in [0.15, 0.2) is 48.5 Å². The van der Waals surface area contributed by atoms with Gasteiger partial charge in [-0.05, 0) is 37.3 Å². The molecule has 1 N–H and O–H groups in total. The number of fused-ring (bicyclic) bond motifs is 2. The summed E-state index contributed by atoms with van der Waals surface area (Å²) >= 11 is 0. The molecule has 4 rings (SSSR count). The molecule has 7 heteroatoms. The molecule has 0 spiro atoms. The summed E-state index contributed by atoms with van der Waals surface area (Å²) in [6.07, 6.45) is -4.51. The molecular formula is C19H15F3N4. The number of hydrogen-bond donors (Lipinski definition) is 1. The second-order valence-corrected chi connectivity index (χ2v) is 6.14. The largest absolute Gasteiger partial charge is 0.433 e. The second-order valence-electron chi connectivity index (χ2n) is 6.14. The Balaban J connectivity index is 1.83. The van der Waals surface area contributed by atoms with Crippen molar-refractivity contribution in [2.75, 3.05) is 5.32 Å². The Kier molecular flexibility index (Phi) is 3.61. The summed E-state index contributed by atoms with van der Waals surface area (Å²) in [5.74, 6) is 0. The first-order valence-electron chi connectivity index (χ1n) is 8.00. The molecule has 0 saturated carbocycles. The number of halogens is 3. The molecule has 0 atom stereocenters.